The molecule has 4 fully saturated rings. The largest absolute Gasteiger partial charge is 0.494 e. The van der Waals surface area contributed by atoms with E-state index in [2.05, 4.69) is 23.3 Å². The number of ketones is 1. The molecule has 4 aliphatic rings. The number of hydroxylamine groups is 2. The first-order valence-electron chi connectivity index (χ1n) is 21.0. The van der Waals surface area contributed by atoms with Gasteiger partial charge in [-0.3, -0.25) is 29.0 Å². The highest BCUT2D eigenvalue weighted by Gasteiger charge is 2.58. The number of Topliss-reactive ketones (excluding diaryl/α,β-unsaturated/α-hetero) is 1. The fourth-order valence-corrected chi connectivity index (χ4v) is 7.51. The van der Waals surface area contributed by atoms with Crippen molar-refractivity contribution in [2.24, 2.45) is 10.9 Å². The molecule has 0 saturated carbocycles. The molecule has 0 radical (unpaired) electrons. The van der Waals surface area contributed by atoms with E-state index < -0.39 is 53.8 Å². The second-order valence-electron chi connectivity index (χ2n) is 16.3. The quantitative estimate of drug-likeness (QED) is 0.0381. The van der Waals surface area contributed by atoms with Crippen LogP contribution >= 0.6 is 0 Å². The summed E-state index contributed by atoms with van der Waals surface area (Å²) in [6.07, 6.45) is 8.30. The monoisotopic (exact) mass is 849 g/mol. The van der Waals surface area contributed by atoms with Gasteiger partial charge in [0.05, 0.1) is 50.5 Å². The highest BCUT2D eigenvalue weighted by molar-refractivity contribution is 6.01. The van der Waals surface area contributed by atoms with Crippen molar-refractivity contribution >= 4 is 41.2 Å². The Bertz CT molecular complexity index is 1870. The lowest BCUT2D eigenvalue weighted by Gasteiger charge is -2.39. The molecule has 5 rings (SSSR count). The van der Waals surface area contributed by atoms with Crippen molar-refractivity contribution in [2.75, 3.05) is 19.8 Å². The van der Waals surface area contributed by atoms with Gasteiger partial charge in [0.25, 0.3) is 11.8 Å². The summed E-state index contributed by atoms with van der Waals surface area (Å²) in [5.74, 6) is -1.76. The minimum atomic E-state index is -0.875. The van der Waals surface area contributed by atoms with Gasteiger partial charge in [-0.2, -0.15) is 0 Å². The average molecular weight is 850 g/mol. The number of esters is 1. The number of nitrogens with one attached hydrogen (secondary N) is 1. The maximum atomic E-state index is 13.1. The lowest BCUT2D eigenvalue weighted by molar-refractivity contribution is -0.197. The first-order chi connectivity index (χ1) is 29.0. The molecule has 16 heteroatoms. The maximum absolute atomic E-state index is 13.1. The standard InChI is InChI=1S/C45H59N3O13/c1-27(9-16-38-28(2)22-37(31(5)59-38)47-40(51)18-11-29(3)58-32(6)49)10-17-39-44(55)45(26-57-45)24-36(60-39)23-34(50)25-46-30(4)33-12-14-35(15-13-33)56-21-7-8-43(54)61-48-41(52)19-20-42(48)53/h9-15,17-18,28-29,31,36-39,44,55H,7-8,16,19-26H2,1-6H3,(H,47,51)/b17-10+,18-11-,27-9+,46-30?/t28-,29-,31+,36+,37+,38-,39+,44+,45+/m0/s1. The van der Waals surface area contributed by atoms with E-state index in [0.29, 0.717) is 42.4 Å². The van der Waals surface area contributed by atoms with Crippen LogP contribution < -0.4 is 10.1 Å². The minimum absolute atomic E-state index is 0.0185. The first kappa shape index (κ1) is 47.0. The summed E-state index contributed by atoms with van der Waals surface area (Å²) < 4.78 is 29.0. The number of rotatable bonds is 19. The van der Waals surface area contributed by atoms with Crippen molar-refractivity contribution in [2.45, 2.75) is 141 Å². The molecule has 61 heavy (non-hydrogen) atoms. The van der Waals surface area contributed by atoms with Crippen molar-refractivity contribution in [1.82, 2.24) is 10.4 Å². The van der Waals surface area contributed by atoms with Gasteiger partial charge >= 0.3 is 11.9 Å². The molecule has 16 nitrogen and oxygen atoms in total. The highest BCUT2D eigenvalue weighted by atomic mass is 16.7. The number of amides is 3. The lowest BCUT2D eigenvalue weighted by atomic mass is 9.87. The van der Waals surface area contributed by atoms with E-state index in [9.17, 15) is 33.9 Å². The number of carbonyl (C=O) groups excluding carboxylic acids is 6. The zero-order valence-corrected chi connectivity index (χ0v) is 35.8. The predicted molar refractivity (Wildman–Crippen MR) is 221 cm³/mol. The summed E-state index contributed by atoms with van der Waals surface area (Å²) in [7, 11) is 0. The number of carbonyl (C=O) groups is 6. The third-order valence-corrected chi connectivity index (χ3v) is 11.1. The molecule has 1 aromatic carbocycles. The number of hydrogen-bond donors (Lipinski definition) is 2. The zero-order chi connectivity index (χ0) is 44.3. The van der Waals surface area contributed by atoms with Crippen LogP contribution in [0.4, 0.5) is 0 Å². The Morgan fingerprint density at radius 3 is 2.43 bits per heavy atom. The molecule has 4 heterocycles. The number of allylic oxidation sites excluding steroid dienone is 2. The fraction of sp³-hybridized carbons (Fsp3) is 0.578. The number of nitrogens with zero attached hydrogens (tertiary/aromatic N) is 2. The number of epoxide rings is 1. The molecule has 9 atom stereocenters. The number of aliphatic hydroxyl groups excluding tert-OH is 1. The number of ether oxygens (including phenoxy) is 5. The van der Waals surface area contributed by atoms with Crippen LogP contribution in [0.5, 0.6) is 5.75 Å². The van der Waals surface area contributed by atoms with Gasteiger partial charge in [0, 0.05) is 44.4 Å². The summed E-state index contributed by atoms with van der Waals surface area (Å²) in [5, 5.41) is 14.6. The van der Waals surface area contributed by atoms with Gasteiger partial charge in [-0.1, -0.05) is 30.7 Å². The second-order valence-corrected chi connectivity index (χ2v) is 16.3. The van der Waals surface area contributed by atoms with Crippen molar-refractivity contribution in [3.63, 3.8) is 0 Å². The number of benzene rings is 1. The van der Waals surface area contributed by atoms with Crippen LogP contribution in [0.2, 0.25) is 0 Å². The van der Waals surface area contributed by atoms with Gasteiger partial charge in [-0.05, 0) is 88.8 Å². The summed E-state index contributed by atoms with van der Waals surface area (Å²) in [4.78, 5) is 81.3. The molecule has 0 bridgehead atoms. The topological polar surface area (TPSA) is 209 Å². The predicted octanol–water partition coefficient (Wildman–Crippen LogP) is 4.21. The molecular weight excluding hydrogens is 791 g/mol. The lowest BCUT2D eigenvalue weighted by Crippen LogP contribution is -2.50. The average Bonchev–Trinajstić information content (AvgIpc) is 3.92. The Hall–Kier alpha value is -5.03. The van der Waals surface area contributed by atoms with Gasteiger partial charge in [-0.15, -0.1) is 5.06 Å². The van der Waals surface area contributed by atoms with Gasteiger partial charge in [-0.25, -0.2) is 4.79 Å². The Balaban J connectivity index is 1.03. The number of imide groups is 1. The number of aliphatic imine (C=N–C) groups is 1. The second kappa shape index (κ2) is 21.7. The van der Waals surface area contributed by atoms with Crippen molar-refractivity contribution in [1.29, 1.82) is 0 Å². The SMILES string of the molecule is CC(=O)O[C@@H](C)/C=C\C(=O)N[C@@H]1C[C@H](C)[C@H](C/C=C(C)/C=C/[C@H]2O[C@H](CC(=O)CN=C(C)c3ccc(OCCCC(=O)ON4C(=O)CCC4=O)cc3)C[C@@]3(CO3)[C@@H]2O)O[C@@H]1C. The molecule has 0 aliphatic carbocycles. The van der Waals surface area contributed by atoms with E-state index in [1.54, 1.807) is 19.1 Å². The first-order valence-corrected chi connectivity index (χ1v) is 21.0. The van der Waals surface area contributed by atoms with E-state index >= 15 is 0 Å². The maximum Gasteiger partial charge on any atom is 0.333 e. The van der Waals surface area contributed by atoms with Gasteiger partial charge in [0.1, 0.15) is 29.7 Å². The van der Waals surface area contributed by atoms with E-state index in [4.69, 9.17) is 28.5 Å². The molecule has 1 spiro atoms. The highest BCUT2D eigenvalue weighted by Crippen LogP contribution is 2.43. The molecule has 0 unspecified atom stereocenters. The molecule has 4 aliphatic heterocycles. The van der Waals surface area contributed by atoms with E-state index in [1.165, 1.54) is 19.1 Å². The third kappa shape index (κ3) is 14.0. The summed E-state index contributed by atoms with van der Waals surface area (Å²) in [6, 6.07) is 7.01. The third-order valence-electron chi connectivity index (χ3n) is 11.1. The Morgan fingerprint density at radius 1 is 1.05 bits per heavy atom. The molecular formula is C45H59N3O13. The molecule has 4 saturated heterocycles. The van der Waals surface area contributed by atoms with Crippen molar-refractivity contribution in [3.05, 3.63) is 65.8 Å². The van der Waals surface area contributed by atoms with Crippen LogP contribution in [0, 0.1) is 5.92 Å². The van der Waals surface area contributed by atoms with E-state index in [1.807, 2.05) is 45.1 Å². The van der Waals surface area contributed by atoms with Gasteiger partial charge in [0.15, 0.2) is 5.78 Å². The summed E-state index contributed by atoms with van der Waals surface area (Å²) >= 11 is 0. The van der Waals surface area contributed by atoms with Crippen LogP contribution in [0.3, 0.4) is 0 Å². The minimum Gasteiger partial charge on any atom is -0.494 e. The summed E-state index contributed by atoms with van der Waals surface area (Å²) in [6.45, 7) is 11.4. The van der Waals surface area contributed by atoms with Gasteiger partial charge < -0.3 is 38.9 Å². The normalized spacial score (nSPS) is 28.6. The van der Waals surface area contributed by atoms with E-state index in [0.717, 1.165) is 17.6 Å². The Kier molecular flexibility index (Phi) is 16.7. The van der Waals surface area contributed by atoms with Gasteiger partial charge in [0.2, 0.25) is 5.91 Å². The van der Waals surface area contributed by atoms with Crippen LogP contribution in [0.25, 0.3) is 0 Å². The Morgan fingerprint density at radius 2 is 1.75 bits per heavy atom. The van der Waals surface area contributed by atoms with Crippen molar-refractivity contribution < 1.29 is 62.4 Å². The van der Waals surface area contributed by atoms with Crippen LogP contribution in [0.15, 0.2) is 65.2 Å². The van der Waals surface area contributed by atoms with Crippen LogP contribution in [-0.4, -0.2) is 119 Å². The molecule has 2 N–H and O–H groups in total. The molecule has 3 amide bonds. The summed E-state index contributed by atoms with van der Waals surface area (Å²) in [5.41, 5.74) is 1.71. The van der Waals surface area contributed by atoms with Crippen LogP contribution in [-0.2, 0) is 52.6 Å². The number of hydrogen-bond acceptors (Lipinski definition) is 14. The van der Waals surface area contributed by atoms with Crippen molar-refractivity contribution in [3.8, 4) is 5.75 Å². The molecule has 332 valence electrons. The molecule has 0 aromatic heterocycles. The van der Waals surface area contributed by atoms with Crippen LogP contribution in [0.1, 0.15) is 98.5 Å². The van der Waals surface area contributed by atoms with E-state index in [-0.39, 0.29) is 74.7 Å². The zero-order valence-electron chi connectivity index (χ0n) is 35.8. The fourth-order valence-electron chi connectivity index (χ4n) is 7.51. The smallest absolute Gasteiger partial charge is 0.333 e. The molecule has 1 aromatic rings. The Labute approximate surface area is 356 Å². The number of aliphatic hydroxyl groups is 1.